The molecule has 0 aromatic carbocycles. The van der Waals surface area contributed by atoms with Crippen molar-refractivity contribution in [2.24, 2.45) is 0 Å². The van der Waals surface area contributed by atoms with E-state index < -0.39 is 23.2 Å². The second-order valence-corrected chi connectivity index (χ2v) is 6.11. The van der Waals surface area contributed by atoms with Crippen LogP contribution in [0.15, 0.2) is 31.1 Å². The van der Waals surface area contributed by atoms with Gasteiger partial charge in [-0.2, -0.15) is 13.2 Å². The van der Waals surface area contributed by atoms with Crippen molar-refractivity contribution in [2.45, 2.75) is 24.6 Å². The molecular weight excluding hydrogens is 323 g/mol. The number of pyridine rings is 1. The van der Waals surface area contributed by atoms with E-state index >= 15 is 0 Å². The maximum Gasteiger partial charge on any atom is 0.417 e. The number of nitrogens with zero attached hydrogens (tertiary/aromatic N) is 3. The molecule has 128 valence electrons. The molecule has 1 aromatic rings. The predicted octanol–water partition coefficient (Wildman–Crippen LogP) is 2.10. The number of hydrogen-bond donors (Lipinski definition) is 0. The van der Waals surface area contributed by atoms with Crippen molar-refractivity contribution in [3.05, 3.63) is 42.2 Å². The Balaban J connectivity index is 1.82. The van der Waals surface area contributed by atoms with Crippen LogP contribution in [0.4, 0.5) is 13.2 Å². The normalized spacial score (nSPS) is 19.3. The van der Waals surface area contributed by atoms with E-state index in [0.717, 1.165) is 25.1 Å². The van der Waals surface area contributed by atoms with Crippen LogP contribution in [0.5, 0.6) is 0 Å². The third-order valence-corrected chi connectivity index (χ3v) is 4.52. The van der Waals surface area contributed by atoms with Gasteiger partial charge in [-0.1, -0.05) is 6.58 Å². The van der Waals surface area contributed by atoms with Gasteiger partial charge in [0.2, 0.25) is 5.91 Å². The lowest BCUT2D eigenvalue weighted by molar-refractivity contribution is -0.137. The fraction of sp³-hybridized carbons (Fsp3) is 0.438. The average molecular weight is 339 g/mol. The SMILES string of the molecule is C=CC(=O)N1CCN(C(=O)c2cncc(C(F)(F)F)c2)C2(CC2)C1. The third-order valence-electron chi connectivity index (χ3n) is 4.52. The van der Waals surface area contributed by atoms with Crippen molar-refractivity contribution in [1.82, 2.24) is 14.8 Å². The van der Waals surface area contributed by atoms with Crippen LogP contribution in [-0.2, 0) is 11.0 Å². The molecule has 2 heterocycles. The topological polar surface area (TPSA) is 53.5 Å². The van der Waals surface area contributed by atoms with Crippen LogP contribution in [-0.4, -0.2) is 51.8 Å². The number of carbonyl (C=O) groups excluding carboxylic acids is 2. The first-order chi connectivity index (χ1) is 11.3. The van der Waals surface area contributed by atoms with Crippen LogP contribution in [0.2, 0.25) is 0 Å². The lowest BCUT2D eigenvalue weighted by Crippen LogP contribution is -2.58. The molecule has 2 aliphatic rings. The summed E-state index contributed by atoms with van der Waals surface area (Å²) in [6.45, 7) is 4.46. The number of amides is 2. The van der Waals surface area contributed by atoms with Gasteiger partial charge in [-0.05, 0) is 25.0 Å². The number of hydrogen-bond acceptors (Lipinski definition) is 3. The minimum absolute atomic E-state index is 0.0837. The summed E-state index contributed by atoms with van der Waals surface area (Å²) >= 11 is 0. The van der Waals surface area contributed by atoms with Gasteiger partial charge in [0.05, 0.1) is 16.7 Å². The summed E-state index contributed by atoms with van der Waals surface area (Å²) in [5.74, 6) is -0.675. The van der Waals surface area contributed by atoms with Gasteiger partial charge in [0, 0.05) is 32.0 Å². The first-order valence-electron chi connectivity index (χ1n) is 7.52. The Bertz CT molecular complexity index is 698. The molecule has 1 aromatic heterocycles. The number of rotatable bonds is 2. The monoisotopic (exact) mass is 339 g/mol. The van der Waals surface area contributed by atoms with E-state index in [1.165, 1.54) is 6.08 Å². The molecular formula is C16H16F3N3O2. The van der Waals surface area contributed by atoms with Crippen molar-refractivity contribution >= 4 is 11.8 Å². The van der Waals surface area contributed by atoms with Gasteiger partial charge >= 0.3 is 6.18 Å². The summed E-state index contributed by atoms with van der Waals surface area (Å²) < 4.78 is 38.4. The van der Waals surface area contributed by atoms with Gasteiger partial charge < -0.3 is 9.80 Å². The summed E-state index contributed by atoms with van der Waals surface area (Å²) in [4.78, 5) is 31.2. The molecule has 1 saturated carbocycles. The lowest BCUT2D eigenvalue weighted by Gasteiger charge is -2.42. The molecule has 8 heteroatoms. The highest BCUT2D eigenvalue weighted by molar-refractivity contribution is 5.95. The predicted molar refractivity (Wildman–Crippen MR) is 79.0 cm³/mol. The highest BCUT2D eigenvalue weighted by Gasteiger charge is 2.53. The molecule has 1 aliphatic heterocycles. The van der Waals surface area contributed by atoms with Gasteiger partial charge in [0.1, 0.15) is 0 Å². The minimum atomic E-state index is -4.55. The van der Waals surface area contributed by atoms with Crippen LogP contribution in [0, 0.1) is 0 Å². The van der Waals surface area contributed by atoms with E-state index in [1.54, 1.807) is 9.80 Å². The molecule has 0 unspecified atom stereocenters. The molecule has 1 saturated heterocycles. The zero-order valence-electron chi connectivity index (χ0n) is 12.8. The number of aromatic nitrogens is 1. The fourth-order valence-electron chi connectivity index (χ4n) is 3.05. The van der Waals surface area contributed by atoms with Crippen LogP contribution >= 0.6 is 0 Å². The quantitative estimate of drug-likeness (QED) is 0.776. The van der Waals surface area contributed by atoms with Gasteiger partial charge in [-0.15, -0.1) is 0 Å². The summed E-state index contributed by atoms with van der Waals surface area (Å²) in [5.41, 5.74) is -1.50. The van der Waals surface area contributed by atoms with E-state index in [-0.39, 0.29) is 18.0 Å². The average Bonchev–Trinajstić information content (AvgIpc) is 3.32. The highest BCUT2D eigenvalue weighted by Crippen LogP contribution is 2.45. The Morgan fingerprint density at radius 1 is 1.25 bits per heavy atom. The van der Waals surface area contributed by atoms with Gasteiger partial charge in [-0.25, -0.2) is 0 Å². The zero-order chi connectivity index (χ0) is 17.5. The van der Waals surface area contributed by atoms with E-state index in [0.29, 0.717) is 19.3 Å². The second kappa shape index (κ2) is 5.61. The zero-order valence-corrected chi connectivity index (χ0v) is 12.8. The fourth-order valence-corrected chi connectivity index (χ4v) is 3.05. The Morgan fingerprint density at radius 3 is 2.54 bits per heavy atom. The van der Waals surface area contributed by atoms with Crippen molar-refractivity contribution in [1.29, 1.82) is 0 Å². The second-order valence-electron chi connectivity index (χ2n) is 6.11. The van der Waals surface area contributed by atoms with Crippen molar-refractivity contribution in [3.8, 4) is 0 Å². The van der Waals surface area contributed by atoms with Crippen LogP contribution in [0.3, 0.4) is 0 Å². The van der Waals surface area contributed by atoms with Gasteiger partial charge in [0.25, 0.3) is 5.91 Å². The summed E-state index contributed by atoms with van der Waals surface area (Å²) in [5, 5.41) is 0. The molecule has 5 nitrogen and oxygen atoms in total. The maximum absolute atomic E-state index is 12.8. The highest BCUT2D eigenvalue weighted by atomic mass is 19.4. The Morgan fingerprint density at radius 2 is 1.96 bits per heavy atom. The third kappa shape index (κ3) is 2.88. The van der Waals surface area contributed by atoms with Crippen LogP contribution in [0.1, 0.15) is 28.8 Å². The molecule has 0 radical (unpaired) electrons. The van der Waals surface area contributed by atoms with E-state index in [1.807, 2.05) is 0 Å². The van der Waals surface area contributed by atoms with E-state index in [4.69, 9.17) is 0 Å². The van der Waals surface area contributed by atoms with Gasteiger partial charge in [0.15, 0.2) is 0 Å². The first-order valence-corrected chi connectivity index (χ1v) is 7.52. The maximum atomic E-state index is 12.8. The molecule has 2 fully saturated rings. The van der Waals surface area contributed by atoms with Gasteiger partial charge in [-0.3, -0.25) is 14.6 Å². The Labute approximate surface area is 136 Å². The summed E-state index contributed by atoms with van der Waals surface area (Å²) in [6, 6.07) is 0.826. The van der Waals surface area contributed by atoms with E-state index in [2.05, 4.69) is 11.6 Å². The lowest BCUT2D eigenvalue weighted by atomic mass is 10.1. The molecule has 1 spiro atoms. The number of piperazine rings is 1. The number of carbonyl (C=O) groups is 2. The Kier molecular flexibility index (Phi) is 3.85. The van der Waals surface area contributed by atoms with Crippen molar-refractivity contribution in [2.75, 3.05) is 19.6 Å². The molecule has 0 bridgehead atoms. The van der Waals surface area contributed by atoms with Crippen LogP contribution in [0.25, 0.3) is 0 Å². The molecule has 2 amide bonds. The summed E-state index contributed by atoms with van der Waals surface area (Å²) in [7, 11) is 0. The largest absolute Gasteiger partial charge is 0.417 e. The molecule has 24 heavy (non-hydrogen) atoms. The van der Waals surface area contributed by atoms with Crippen LogP contribution < -0.4 is 0 Å². The Hall–Kier alpha value is -2.38. The number of alkyl halides is 3. The molecule has 1 aliphatic carbocycles. The molecule has 0 N–H and O–H groups in total. The standard InChI is InChI=1S/C16H16F3N3O2/c1-2-13(23)21-5-6-22(15(10-21)3-4-15)14(24)11-7-12(9-20-8-11)16(17,18)19/h2,7-9H,1,3-6,10H2. The minimum Gasteiger partial charge on any atom is -0.335 e. The van der Waals surface area contributed by atoms with Crippen molar-refractivity contribution < 1.29 is 22.8 Å². The van der Waals surface area contributed by atoms with E-state index in [9.17, 15) is 22.8 Å². The molecule has 3 rings (SSSR count). The number of halogens is 3. The summed E-state index contributed by atoms with van der Waals surface area (Å²) in [6.07, 6.45) is -0.0166. The molecule has 0 atom stereocenters. The first kappa shape index (κ1) is 16.5. The smallest absolute Gasteiger partial charge is 0.335 e. The van der Waals surface area contributed by atoms with Crippen molar-refractivity contribution in [3.63, 3.8) is 0 Å².